The normalized spacial score (nSPS) is 17.1. The average molecular weight is 372 g/mol. The second-order valence-electron chi connectivity index (χ2n) is 6.61. The number of anilines is 1. The molecule has 2 heterocycles. The van der Waals surface area contributed by atoms with Crippen LogP contribution in [0.2, 0.25) is 0 Å². The average Bonchev–Trinajstić information content (AvgIpc) is 3.24. The van der Waals surface area contributed by atoms with Gasteiger partial charge in [0.2, 0.25) is 16.9 Å². The van der Waals surface area contributed by atoms with E-state index in [4.69, 9.17) is 0 Å². The highest BCUT2D eigenvalue weighted by Crippen LogP contribution is 2.29. The Hall–Kier alpha value is -2.28. The maximum atomic E-state index is 12.5. The van der Waals surface area contributed by atoms with Crippen molar-refractivity contribution in [3.63, 3.8) is 0 Å². The van der Waals surface area contributed by atoms with Gasteiger partial charge in [-0.2, -0.15) is 0 Å². The van der Waals surface area contributed by atoms with Crippen molar-refractivity contribution in [2.24, 2.45) is 5.92 Å². The molecule has 7 heteroatoms. The number of aromatic nitrogens is 2. The zero-order valence-corrected chi connectivity index (χ0v) is 16.0. The number of carbonyl (C=O) groups is 2. The Morgan fingerprint density at radius 3 is 2.69 bits per heavy atom. The van der Waals surface area contributed by atoms with Crippen LogP contribution in [0.3, 0.4) is 0 Å². The van der Waals surface area contributed by atoms with E-state index in [1.54, 1.807) is 4.90 Å². The topological polar surface area (TPSA) is 75.2 Å². The third-order valence-electron chi connectivity index (χ3n) is 4.81. The van der Waals surface area contributed by atoms with E-state index in [0.29, 0.717) is 24.1 Å². The first-order valence-electron chi connectivity index (χ1n) is 9.06. The molecule has 0 saturated carbocycles. The number of amides is 2. The Morgan fingerprint density at radius 2 is 2.00 bits per heavy atom. The molecule has 0 aliphatic carbocycles. The molecule has 138 valence electrons. The highest BCUT2D eigenvalue weighted by molar-refractivity contribution is 7.15. The van der Waals surface area contributed by atoms with Gasteiger partial charge in [-0.3, -0.25) is 9.59 Å². The largest absolute Gasteiger partial charge is 0.338 e. The predicted molar refractivity (Wildman–Crippen MR) is 102 cm³/mol. The highest BCUT2D eigenvalue weighted by Gasteiger charge is 2.34. The van der Waals surface area contributed by atoms with E-state index in [-0.39, 0.29) is 24.2 Å². The molecular weight excluding hydrogens is 348 g/mol. The molecule has 0 spiro atoms. The van der Waals surface area contributed by atoms with Gasteiger partial charge in [0.05, 0.1) is 5.92 Å². The Bertz CT molecular complexity index is 758. The fraction of sp³-hybridized carbons (Fsp3) is 0.474. The van der Waals surface area contributed by atoms with Gasteiger partial charge in [-0.25, -0.2) is 0 Å². The second-order valence-corrected chi connectivity index (χ2v) is 7.62. The van der Waals surface area contributed by atoms with E-state index >= 15 is 0 Å². The van der Waals surface area contributed by atoms with Crippen molar-refractivity contribution < 1.29 is 9.59 Å². The zero-order valence-electron chi connectivity index (χ0n) is 15.1. The van der Waals surface area contributed by atoms with Crippen LogP contribution in [0.25, 0.3) is 0 Å². The van der Waals surface area contributed by atoms with E-state index in [2.05, 4.69) is 29.4 Å². The summed E-state index contributed by atoms with van der Waals surface area (Å²) in [7, 11) is 0. The molecular formula is C19H24N4O2S. The van der Waals surface area contributed by atoms with E-state index in [1.165, 1.54) is 11.3 Å². The van der Waals surface area contributed by atoms with Crippen LogP contribution >= 0.6 is 11.3 Å². The minimum atomic E-state index is -0.341. The maximum absolute atomic E-state index is 12.5. The number of nitrogens with zero attached hydrogens (tertiary/aromatic N) is 3. The van der Waals surface area contributed by atoms with Crippen LogP contribution < -0.4 is 5.32 Å². The smallest absolute Gasteiger partial charge is 0.231 e. The van der Waals surface area contributed by atoms with Gasteiger partial charge in [-0.1, -0.05) is 55.5 Å². The van der Waals surface area contributed by atoms with Gasteiger partial charge >= 0.3 is 0 Å². The summed E-state index contributed by atoms with van der Waals surface area (Å²) in [6.07, 6.45) is 2.26. The number of likely N-dealkylation sites (tertiary alicyclic amines) is 1. The molecule has 0 bridgehead atoms. The molecule has 2 aromatic rings. The van der Waals surface area contributed by atoms with Crippen molar-refractivity contribution in [2.75, 3.05) is 11.9 Å². The molecule has 1 aromatic carbocycles. The molecule has 1 atom stereocenters. The van der Waals surface area contributed by atoms with Crippen LogP contribution in [0.15, 0.2) is 30.3 Å². The van der Waals surface area contributed by atoms with Gasteiger partial charge in [-0.15, -0.1) is 10.2 Å². The van der Waals surface area contributed by atoms with Crippen molar-refractivity contribution in [3.8, 4) is 0 Å². The standard InChI is InChI=1S/C19H24N4O2S/c1-3-14(4-2)18-21-22-19(26-18)20-17(25)15-10-16(24)23(12-15)11-13-8-6-5-7-9-13/h5-9,14-15H,3-4,10-12H2,1-2H3,(H,20,22,25)/t15-/m1/s1. The number of hydrogen-bond acceptors (Lipinski definition) is 5. The summed E-state index contributed by atoms with van der Waals surface area (Å²) >= 11 is 1.43. The molecule has 1 aliphatic rings. The number of benzene rings is 1. The number of carbonyl (C=O) groups excluding carboxylic acids is 2. The quantitative estimate of drug-likeness (QED) is 0.808. The van der Waals surface area contributed by atoms with Crippen LogP contribution in [0.5, 0.6) is 0 Å². The van der Waals surface area contributed by atoms with Crippen LogP contribution in [0, 0.1) is 5.92 Å². The predicted octanol–water partition coefficient (Wildman–Crippen LogP) is 3.43. The molecule has 1 saturated heterocycles. The summed E-state index contributed by atoms with van der Waals surface area (Å²) in [6, 6.07) is 9.83. The molecule has 1 fully saturated rings. The molecule has 1 N–H and O–H groups in total. The van der Waals surface area contributed by atoms with Crippen LogP contribution in [-0.4, -0.2) is 33.5 Å². The van der Waals surface area contributed by atoms with Crippen molar-refractivity contribution in [1.82, 2.24) is 15.1 Å². The summed E-state index contributed by atoms with van der Waals surface area (Å²) in [6.45, 7) is 5.23. The first-order valence-corrected chi connectivity index (χ1v) is 9.88. The van der Waals surface area contributed by atoms with Gasteiger partial charge < -0.3 is 10.2 Å². The third-order valence-corrected chi connectivity index (χ3v) is 5.81. The molecule has 1 aliphatic heterocycles. The van der Waals surface area contributed by atoms with Gasteiger partial charge in [0.1, 0.15) is 5.01 Å². The number of nitrogens with one attached hydrogen (secondary N) is 1. The lowest BCUT2D eigenvalue weighted by molar-refractivity contribution is -0.128. The van der Waals surface area contributed by atoms with Gasteiger partial charge in [0.15, 0.2) is 0 Å². The van der Waals surface area contributed by atoms with Crippen molar-refractivity contribution in [2.45, 2.75) is 45.6 Å². The minimum absolute atomic E-state index is 0.0176. The first kappa shape index (κ1) is 18.5. The van der Waals surface area contributed by atoms with E-state index in [1.807, 2.05) is 30.3 Å². The Labute approximate surface area is 157 Å². The highest BCUT2D eigenvalue weighted by atomic mass is 32.1. The van der Waals surface area contributed by atoms with Gasteiger partial charge in [0.25, 0.3) is 0 Å². The van der Waals surface area contributed by atoms with Crippen LogP contribution in [0.4, 0.5) is 5.13 Å². The monoisotopic (exact) mass is 372 g/mol. The van der Waals surface area contributed by atoms with E-state index in [0.717, 1.165) is 23.4 Å². The fourth-order valence-electron chi connectivity index (χ4n) is 3.20. The van der Waals surface area contributed by atoms with Crippen LogP contribution in [-0.2, 0) is 16.1 Å². The SMILES string of the molecule is CCC(CC)c1nnc(NC(=O)[C@@H]2CC(=O)N(Cc3ccccc3)C2)s1. The lowest BCUT2D eigenvalue weighted by Gasteiger charge is -2.16. The first-order chi connectivity index (χ1) is 12.6. The van der Waals surface area contributed by atoms with Crippen molar-refractivity contribution in [3.05, 3.63) is 40.9 Å². The summed E-state index contributed by atoms with van der Waals surface area (Å²) < 4.78 is 0. The van der Waals surface area contributed by atoms with Crippen LogP contribution in [0.1, 0.15) is 49.6 Å². The summed E-state index contributed by atoms with van der Waals surface area (Å²) in [5, 5.41) is 12.6. The van der Waals surface area contributed by atoms with Crippen molar-refractivity contribution in [1.29, 1.82) is 0 Å². The molecule has 6 nitrogen and oxygen atoms in total. The Kier molecular flexibility index (Phi) is 5.98. The van der Waals surface area contributed by atoms with E-state index in [9.17, 15) is 9.59 Å². The number of rotatable bonds is 7. The molecule has 0 unspecified atom stereocenters. The van der Waals surface area contributed by atoms with Gasteiger partial charge in [0, 0.05) is 25.4 Å². The maximum Gasteiger partial charge on any atom is 0.231 e. The molecule has 0 radical (unpaired) electrons. The second kappa shape index (κ2) is 8.40. The van der Waals surface area contributed by atoms with Gasteiger partial charge in [-0.05, 0) is 18.4 Å². The summed E-state index contributed by atoms with van der Waals surface area (Å²) in [5.41, 5.74) is 1.07. The lowest BCUT2D eigenvalue weighted by Crippen LogP contribution is -2.28. The Balaban J connectivity index is 1.58. The molecule has 2 amide bonds. The van der Waals surface area contributed by atoms with E-state index < -0.39 is 0 Å². The molecule has 26 heavy (non-hydrogen) atoms. The summed E-state index contributed by atoms with van der Waals surface area (Å²) in [5.74, 6) is -0.0931. The Morgan fingerprint density at radius 1 is 1.27 bits per heavy atom. The molecule has 1 aromatic heterocycles. The fourth-order valence-corrected chi connectivity index (χ4v) is 4.21. The van der Waals surface area contributed by atoms with Crippen molar-refractivity contribution >= 4 is 28.3 Å². The lowest BCUT2D eigenvalue weighted by atomic mass is 10.1. The summed E-state index contributed by atoms with van der Waals surface area (Å²) in [4.78, 5) is 26.5. The number of hydrogen-bond donors (Lipinski definition) is 1. The minimum Gasteiger partial charge on any atom is -0.338 e. The zero-order chi connectivity index (χ0) is 18.5. The molecule has 3 rings (SSSR count). The third kappa shape index (κ3) is 4.27.